The number of para-hydroxylation sites is 1. The summed E-state index contributed by atoms with van der Waals surface area (Å²) < 4.78 is 1.43. The Morgan fingerprint density at radius 1 is 0.971 bits per heavy atom. The van der Waals surface area contributed by atoms with Gasteiger partial charge in [-0.1, -0.05) is 59.8 Å². The summed E-state index contributed by atoms with van der Waals surface area (Å²) in [5.74, 6) is 6.96. The van der Waals surface area contributed by atoms with E-state index in [0.29, 0.717) is 43.7 Å². The molecule has 4 rings (SSSR count). The molecule has 3 N–H and O–H groups in total. The first-order valence-electron chi connectivity index (χ1n) is 11.6. The molecule has 2 heterocycles. The van der Waals surface area contributed by atoms with Crippen LogP contribution in [0.5, 0.6) is 0 Å². The standard InChI is InChI=1S/C25H31N7O2S/c1-17-7-9-20(10-8-17)24-28-29-25(32(24)26)35-16-22(34)31-13-11-30(12-14-31)15-21(33)27-23-18(2)5-4-6-19(23)3/h4-10H,11-16,26H2,1-3H3,(H,27,33). The number of aromatic nitrogens is 3. The minimum absolute atomic E-state index is 0.0227. The summed E-state index contributed by atoms with van der Waals surface area (Å²) >= 11 is 1.28. The molecule has 1 saturated heterocycles. The molecule has 2 amide bonds. The van der Waals surface area contributed by atoms with E-state index in [1.54, 1.807) is 0 Å². The Morgan fingerprint density at radius 2 is 1.63 bits per heavy atom. The number of amides is 2. The SMILES string of the molecule is Cc1ccc(-c2nnc(SCC(=O)N3CCN(CC(=O)Nc4c(C)cccc4C)CC3)n2N)cc1. The van der Waals surface area contributed by atoms with E-state index in [1.165, 1.54) is 16.4 Å². The summed E-state index contributed by atoms with van der Waals surface area (Å²) in [4.78, 5) is 29.2. The maximum Gasteiger partial charge on any atom is 0.238 e. The van der Waals surface area contributed by atoms with Gasteiger partial charge in [0.05, 0.1) is 12.3 Å². The number of rotatable bonds is 7. The fourth-order valence-corrected chi connectivity index (χ4v) is 4.80. The highest BCUT2D eigenvalue weighted by atomic mass is 32.2. The second kappa shape index (κ2) is 10.9. The number of aryl methyl sites for hydroxylation is 3. The van der Waals surface area contributed by atoms with Crippen molar-refractivity contribution in [3.8, 4) is 11.4 Å². The van der Waals surface area contributed by atoms with Gasteiger partial charge >= 0.3 is 0 Å². The van der Waals surface area contributed by atoms with Gasteiger partial charge in [-0.15, -0.1) is 10.2 Å². The molecule has 1 aromatic heterocycles. The van der Waals surface area contributed by atoms with Crippen molar-refractivity contribution in [1.82, 2.24) is 24.7 Å². The first-order valence-corrected chi connectivity index (χ1v) is 12.6. The van der Waals surface area contributed by atoms with Gasteiger partial charge in [-0.25, -0.2) is 4.68 Å². The number of hydrogen-bond donors (Lipinski definition) is 2. The molecular formula is C25H31N7O2S. The Kier molecular flexibility index (Phi) is 7.72. The van der Waals surface area contributed by atoms with E-state index < -0.39 is 0 Å². The fraction of sp³-hybridized carbons (Fsp3) is 0.360. The maximum atomic E-state index is 12.8. The van der Waals surface area contributed by atoms with E-state index >= 15 is 0 Å². The number of nitrogens with one attached hydrogen (secondary N) is 1. The molecule has 9 nitrogen and oxygen atoms in total. The van der Waals surface area contributed by atoms with Crippen LogP contribution in [-0.2, 0) is 9.59 Å². The highest BCUT2D eigenvalue weighted by Crippen LogP contribution is 2.23. The van der Waals surface area contributed by atoms with Crippen molar-refractivity contribution in [2.45, 2.75) is 25.9 Å². The van der Waals surface area contributed by atoms with Gasteiger partial charge in [0, 0.05) is 37.4 Å². The third kappa shape index (κ3) is 6.01. The number of nitrogen functional groups attached to an aromatic ring is 1. The van der Waals surface area contributed by atoms with Gasteiger partial charge in [-0.05, 0) is 31.9 Å². The Balaban J connectivity index is 1.24. The molecule has 0 atom stereocenters. The second-order valence-corrected chi connectivity index (χ2v) is 9.75. The number of nitrogens with two attached hydrogens (primary N) is 1. The summed E-state index contributed by atoms with van der Waals surface area (Å²) in [6.45, 7) is 8.78. The van der Waals surface area contributed by atoms with E-state index in [2.05, 4.69) is 20.4 Å². The molecule has 184 valence electrons. The molecule has 0 saturated carbocycles. The normalized spacial score (nSPS) is 14.2. The number of carbonyl (C=O) groups excluding carboxylic acids is 2. The van der Waals surface area contributed by atoms with Crippen LogP contribution in [0, 0.1) is 20.8 Å². The number of anilines is 1. The van der Waals surface area contributed by atoms with Crippen LogP contribution in [0.4, 0.5) is 5.69 Å². The quantitative estimate of drug-likeness (QED) is 0.384. The maximum absolute atomic E-state index is 12.8. The predicted octanol–water partition coefficient (Wildman–Crippen LogP) is 2.46. The Hall–Kier alpha value is -3.37. The van der Waals surface area contributed by atoms with E-state index in [-0.39, 0.29) is 17.6 Å². The highest BCUT2D eigenvalue weighted by molar-refractivity contribution is 7.99. The van der Waals surface area contributed by atoms with Crippen LogP contribution in [-0.4, -0.2) is 75.0 Å². The monoisotopic (exact) mass is 493 g/mol. The number of nitrogens with zero attached hydrogens (tertiary/aromatic N) is 5. The lowest BCUT2D eigenvalue weighted by molar-refractivity contribution is -0.130. The second-order valence-electron chi connectivity index (χ2n) is 8.80. The number of hydrogen-bond acceptors (Lipinski definition) is 7. The van der Waals surface area contributed by atoms with Crippen LogP contribution in [0.25, 0.3) is 11.4 Å². The van der Waals surface area contributed by atoms with Crippen molar-refractivity contribution < 1.29 is 9.59 Å². The fourth-order valence-electron chi connectivity index (χ4n) is 4.04. The number of piperazine rings is 1. The van der Waals surface area contributed by atoms with Gasteiger partial charge in [-0.3, -0.25) is 14.5 Å². The molecule has 1 fully saturated rings. The molecule has 1 aliphatic heterocycles. The summed E-state index contributed by atoms with van der Waals surface area (Å²) in [7, 11) is 0. The molecule has 0 aliphatic carbocycles. The average molecular weight is 494 g/mol. The summed E-state index contributed by atoms with van der Waals surface area (Å²) in [6.07, 6.45) is 0. The van der Waals surface area contributed by atoms with E-state index in [4.69, 9.17) is 5.84 Å². The lowest BCUT2D eigenvalue weighted by Gasteiger charge is -2.34. The van der Waals surface area contributed by atoms with Crippen LogP contribution < -0.4 is 11.2 Å². The van der Waals surface area contributed by atoms with Crippen LogP contribution in [0.2, 0.25) is 0 Å². The summed E-state index contributed by atoms with van der Waals surface area (Å²) in [5, 5.41) is 11.9. The van der Waals surface area contributed by atoms with Gasteiger partial charge in [0.2, 0.25) is 17.0 Å². The number of thioether (sulfide) groups is 1. The van der Waals surface area contributed by atoms with Crippen molar-refractivity contribution in [2.75, 3.05) is 49.6 Å². The van der Waals surface area contributed by atoms with Crippen LogP contribution in [0.15, 0.2) is 47.6 Å². The molecule has 0 spiro atoms. The van der Waals surface area contributed by atoms with Crippen LogP contribution in [0.1, 0.15) is 16.7 Å². The summed E-state index contributed by atoms with van der Waals surface area (Å²) in [6, 6.07) is 13.8. The molecule has 2 aromatic carbocycles. The molecule has 10 heteroatoms. The molecular weight excluding hydrogens is 462 g/mol. The molecule has 0 unspecified atom stereocenters. The van der Waals surface area contributed by atoms with Gasteiger partial charge in [0.25, 0.3) is 0 Å². The van der Waals surface area contributed by atoms with E-state index in [0.717, 1.165) is 27.9 Å². The first-order chi connectivity index (χ1) is 16.8. The lowest BCUT2D eigenvalue weighted by Crippen LogP contribution is -2.51. The lowest BCUT2D eigenvalue weighted by atomic mass is 10.1. The molecule has 3 aromatic rings. The van der Waals surface area contributed by atoms with Crippen molar-refractivity contribution in [3.05, 3.63) is 59.2 Å². The van der Waals surface area contributed by atoms with Gasteiger partial charge in [0.1, 0.15) is 0 Å². The topological polar surface area (TPSA) is 109 Å². The van der Waals surface area contributed by atoms with Crippen molar-refractivity contribution >= 4 is 29.3 Å². The molecule has 0 bridgehead atoms. The third-order valence-electron chi connectivity index (χ3n) is 6.14. The van der Waals surface area contributed by atoms with Crippen molar-refractivity contribution in [1.29, 1.82) is 0 Å². The summed E-state index contributed by atoms with van der Waals surface area (Å²) in [5.41, 5.74) is 5.00. The minimum atomic E-state index is -0.0376. The van der Waals surface area contributed by atoms with E-state index in [1.807, 2.05) is 68.1 Å². The number of carbonyl (C=O) groups is 2. The largest absolute Gasteiger partial charge is 0.339 e. The van der Waals surface area contributed by atoms with E-state index in [9.17, 15) is 9.59 Å². The zero-order chi connectivity index (χ0) is 24.9. The Labute approximate surface area is 209 Å². The number of benzene rings is 2. The van der Waals surface area contributed by atoms with Crippen molar-refractivity contribution in [3.63, 3.8) is 0 Å². The smallest absolute Gasteiger partial charge is 0.238 e. The minimum Gasteiger partial charge on any atom is -0.339 e. The zero-order valence-corrected chi connectivity index (χ0v) is 21.1. The van der Waals surface area contributed by atoms with Crippen LogP contribution >= 0.6 is 11.8 Å². The van der Waals surface area contributed by atoms with Gasteiger partial charge < -0.3 is 16.1 Å². The third-order valence-corrected chi connectivity index (χ3v) is 7.06. The predicted molar refractivity (Wildman–Crippen MR) is 139 cm³/mol. The van der Waals surface area contributed by atoms with Crippen LogP contribution in [0.3, 0.4) is 0 Å². The molecule has 35 heavy (non-hydrogen) atoms. The van der Waals surface area contributed by atoms with Crippen molar-refractivity contribution in [2.24, 2.45) is 0 Å². The van der Waals surface area contributed by atoms with Gasteiger partial charge in [-0.2, -0.15) is 0 Å². The highest BCUT2D eigenvalue weighted by Gasteiger charge is 2.23. The average Bonchev–Trinajstić information content (AvgIpc) is 3.21. The zero-order valence-electron chi connectivity index (χ0n) is 20.3. The molecule has 1 aliphatic rings. The Bertz CT molecular complexity index is 1180. The Morgan fingerprint density at radius 3 is 2.29 bits per heavy atom. The first kappa shape index (κ1) is 24.7. The van der Waals surface area contributed by atoms with Gasteiger partial charge in [0.15, 0.2) is 5.82 Å². The molecule has 0 radical (unpaired) electrons.